The van der Waals surface area contributed by atoms with Crippen LogP contribution in [-0.4, -0.2) is 34.8 Å². The van der Waals surface area contributed by atoms with Gasteiger partial charge >= 0.3 is 0 Å². The number of nitrogens with zero attached hydrogens (tertiary/aromatic N) is 1. The first-order valence-corrected chi connectivity index (χ1v) is 10.7. The Morgan fingerprint density at radius 2 is 1.82 bits per heavy atom. The Kier molecular flexibility index (Phi) is 6.26. The number of hydrogen-bond donors (Lipinski definition) is 1. The maximum absolute atomic E-state index is 12.6. The van der Waals surface area contributed by atoms with Gasteiger partial charge in [-0.3, -0.25) is 19.3 Å². The fourth-order valence-electron chi connectivity index (χ4n) is 2.65. The van der Waals surface area contributed by atoms with Gasteiger partial charge in [0.15, 0.2) is 0 Å². The highest BCUT2D eigenvalue weighted by Crippen LogP contribution is 2.32. The van der Waals surface area contributed by atoms with E-state index in [1.165, 1.54) is 0 Å². The Morgan fingerprint density at radius 3 is 2.46 bits per heavy atom. The lowest BCUT2D eigenvalue weighted by Gasteiger charge is -2.13. The second-order valence-corrected chi connectivity index (χ2v) is 8.26. The van der Waals surface area contributed by atoms with Crippen LogP contribution in [0.1, 0.15) is 16.7 Å². The van der Waals surface area contributed by atoms with Gasteiger partial charge in [-0.2, -0.15) is 0 Å². The van der Waals surface area contributed by atoms with Crippen LogP contribution < -0.4 is 5.32 Å². The molecule has 0 aliphatic carbocycles. The quantitative estimate of drug-likeness (QED) is 0.570. The maximum Gasteiger partial charge on any atom is 0.294 e. The van der Waals surface area contributed by atoms with Crippen LogP contribution in [-0.2, 0) is 9.59 Å². The monoisotopic (exact) mass is 412 g/mol. The molecule has 0 bridgehead atoms. The minimum atomic E-state index is -0.445. The van der Waals surface area contributed by atoms with E-state index in [4.69, 9.17) is 0 Å². The number of imide groups is 1. The molecule has 1 fully saturated rings. The third-order valence-corrected chi connectivity index (χ3v) is 6.03. The summed E-state index contributed by atoms with van der Waals surface area (Å²) in [6.45, 7) is 3.64. The molecule has 0 unspecified atom stereocenters. The van der Waals surface area contributed by atoms with Crippen molar-refractivity contribution in [3.05, 3.63) is 64.1 Å². The van der Waals surface area contributed by atoms with Crippen molar-refractivity contribution in [3.63, 3.8) is 0 Å². The van der Waals surface area contributed by atoms with Crippen LogP contribution >= 0.6 is 23.5 Å². The van der Waals surface area contributed by atoms with E-state index in [1.54, 1.807) is 23.9 Å². The number of thioether (sulfide) groups is 2. The number of carbonyl (C=O) groups is 3. The topological polar surface area (TPSA) is 66.5 Å². The number of hydrogen-bond acceptors (Lipinski definition) is 5. The molecule has 5 nitrogen and oxygen atoms in total. The van der Waals surface area contributed by atoms with Crippen molar-refractivity contribution >= 4 is 52.3 Å². The van der Waals surface area contributed by atoms with Crippen LogP contribution in [0, 0.1) is 13.8 Å². The van der Waals surface area contributed by atoms with Gasteiger partial charge in [-0.15, -0.1) is 11.8 Å². The number of nitrogens with one attached hydrogen (secondary N) is 1. The van der Waals surface area contributed by atoms with E-state index >= 15 is 0 Å². The van der Waals surface area contributed by atoms with Gasteiger partial charge < -0.3 is 5.32 Å². The number of rotatable bonds is 5. The van der Waals surface area contributed by atoms with E-state index in [9.17, 15) is 14.4 Å². The highest BCUT2D eigenvalue weighted by molar-refractivity contribution is 8.18. The van der Waals surface area contributed by atoms with Gasteiger partial charge in [0.2, 0.25) is 5.91 Å². The minimum Gasteiger partial charge on any atom is -0.325 e. The lowest BCUT2D eigenvalue weighted by atomic mass is 10.1. The summed E-state index contributed by atoms with van der Waals surface area (Å²) < 4.78 is 0. The molecule has 1 aliphatic rings. The average Bonchev–Trinajstić information content (AvgIpc) is 2.93. The Labute approximate surface area is 172 Å². The molecule has 0 saturated carbocycles. The third kappa shape index (κ3) is 4.66. The highest BCUT2D eigenvalue weighted by Gasteiger charge is 2.36. The van der Waals surface area contributed by atoms with Crippen molar-refractivity contribution in [2.75, 3.05) is 18.1 Å². The summed E-state index contributed by atoms with van der Waals surface area (Å²) in [5, 5.41) is 2.30. The minimum absolute atomic E-state index is 0.305. The van der Waals surface area contributed by atoms with E-state index < -0.39 is 17.1 Å². The molecule has 3 amide bonds. The lowest BCUT2D eigenvalue weighted by Crippen LogP contribution is -2.36. The van der Waals surface area contributed by atoms with Crippen molar-refractivity contribution < 1.29 is 14.4 Å². The summed E-state index contributed by atoms with van der Waals surface area (Å²) in [5.41, 5.74) is 3.66. The third-order valence-electron chi connectivity index (χ3n) is 4.38. The van der Waals surface area contributed by atoms with E-state index in [2.05, 4.69) is 5.32 Å². The van der Waals surface area contributed by atoms with Crippen LogP contribution in [0.3, 0.4) is 0 Å². The molecule has 3 rings (SSSR count). The van der Waals surface area contributed by atoms with Gasteiger partial charge in [-0.05, 0) is 78.9 Å². The summed E-state index contributed by atoms with van der Waals surface area (Å²) in [6, 6.07) is 13.3. The van der Waals surface area contributed by atoms with E-state index in [0.29, 0.717) is 10.6 Å². The molecule has 144 valence electrons. The molecule has 1 N–H and O–H groups in total. The molecule has 0 aromatic heterocycles. The van der Waals surface area contributed by atoms with Gasteiger partial charge in [0.05, 0.1) is 4.91 Å². The van der Waals surface area contributed by atoms with Gasteiger partial charge in [0.1, 0.15) is 6.54 Å². The second kappa shape index (κ2) is 8.67. The number of aryl methyl sites for hydroxylation is 2. The van der Waals surface area contributed by atoms with Crippen molar-refractivity contribution in [2.24, 2.45) is 0 Å². The second-order valence-electron chi connectivity index (χ2n) is 6.39. The maximum atomic E-state index is 12.6. The first-order chi connectivity index (χ1) is 13.4. The number of carbonyl (C=O) groups excluding carboxylic acids is 3. The summed E-state index contributed by atoms with van der Waals surface area (Å²) in [4.78, 5) is 39.5. The van der Waals surface area contributed by atoms with Gasteiger partial charge in [-0.1, -0.05) is 18.2 Å². The van der Waals surface area contributed by atoms with E-state index in [1.807, 2.05) is 56.5 Å². The fraction of sp³-hybridized carbons (Fsp3) is 0.190. The van der Waals surface area contributed by atoms with E-state index in [0.717, 1.165) is 38.2 Å². The van der Waals surface area contributed by atoms with Crippen LogP contribution in [0.2, 0.25) is 0 Å². The molecule has 1 heterocycles. The lowest BCUT2D eigenvalue weighted by molar-refractivity contribution is -0.127. The molecule has 0 radical (unpaired) electrons. The van der Waals surface area contributed by atoms with Crippen molar-refractivity contribution in [1.29, 1.82) is 0 Å². The van der Waals surface area contributed by atoms with Crippen molar-refractivity contribution in [1.82, 2.24) is 4.90 Å². The van der Waals surface area contributed by atoms with Crippen LogP contribution in [0.15, 0.2) is 52.3 Å². The Morgan fingerprint density at radius 1 is 1.11 bits per heavy atom. The first-order valence-electron chi connectivity index (χ1n) is 8.64. The van der Waals surface area contributed by atoms with Gasteiger partial charge in [0, 0.05) is 10.6 Å². The molecule has 0 spiro atoms. The Balaban J connectivity index is 1.68. The Bertz CT molecular complexity index is 968. The zero-order valence-electron chi connectivity index (χ0n) is 15.8. The standard InChI is InChI=1S/C21H20N2O3S2/c1-13-4-7-16(10-14(13)2)22-19(24)12-23-20(25)18(28-21(23)26)11-15-5-8-17(27-3)9-6-15/h4-11H,12H2,1-3H3,(H,22,24)/b18-11+. The summed E-state index contributed by atoms with van der Waals surface area (Å²) in [5.74, 6) is -0.852. The molecule has 2 aromatic carbocycles. The summed E-state index contributed by atoms with van der Waals surface area (Å²) in [7, 11) is 0. The largest absolute Gasteiger partial charge is 0.325 e. The zero-order valence-corrected chi connectivity index (χ0v) is 17.4. The van der Waals surface area contributed by atoms with E-state index in [-0.39, 0.29) is 6.54 Å². The molecular formula is C21H20N2O3S2. The number of anilines is 1. The predicted octanol–water partition coefficient (Wildman–Crippen LogP) is 4.70. The van der Waals surface area contributed by atoms with Crippen LogP contribution in [0.5, 0.6) is 0 Å². The average molecular weight is 413 g/mol. The van der Waals surface area contributed by atoms with Crippen molar-refractivity contribution in [2.45, 2.75) is 18.7 Å². The van der Waals surface area contributed by atoms with Gasteiger partial charge in [-0.25, -0.2) is 0 Å². The number of benzene rings is 2. The van der Waals surface area contributed by atoms with Gasteiger partial charge in [0.25, 0.3) is 11.1 Å². The Hall–Kier alpha value is -2.51. The normalized spacial score (nSPS) is 15.4. The van der Waals surface area contributed by atoms with Crippen molar-refractivity contribution in [3.8, 4) is 0 Å². The first kappa shape index (κ1) is 20.2. The molecule has 1 saturated heterocycles. The molecular weight excluding hydrogens is 392 g/mol. The molecule has 0 atom stereocenters. The highest BCUT2D eigenvalue weighted by atomic mass is 32.2. The van der Waals surface area contributed by atoms with Crippen LogP contribution in [0.25, 0.3) is 6.08 Å². The van der Waals surface area contributed by atoms with Crippen LogP contribution in [0.4, 0.5) is 10.5 Å². The molecule has 7 heteroatoms. The summed E-state index contributed by atoms with van der Waals surface area (Å²) >= 11 is 2.48. The zero-order chi connectivity index (χ0) is 20.3. The molecule has 28 heavy (non-hydrogen) atoms. The molecule has 2 aromatic rings. The smallest absolute Gasteiger partial charge is 0.294 e. The number of amides is 3. The fourth-order valence-corrected chi connectivity index (χ4v) is 3.90. The summed E-state index contributed by atoms with van der Waals surface area (Å²) in [6.07, 6.45) is 3.67. The molecule has 1 aliphatic heterocycles. The SMILES string of the molecule is CSc1ccc(/C=C2/SC(=O)N(CC(=O)Nc3ccc(C)c(C)c3)C2=O)cc1. The predicted molar refractivity (Wildman–Crippen MR) is 115 cm³/mol.